The maximum atomic E-state index is 11.6. The van der Waals surface area contributed by atoms with Crippen LogP contribution >= 0.6 is 0 Å². The molecular weight excluding hydrogens is 220 g/mol. The van der Waals surface area contributed by atoms with Gasteiger partial charge in [0.2, 0.25) is 5.91 Å². The highest BCUT2D eigenvalue weighted by Crippen LogP contribution is 2.05. The van der Waals surface area contributed by atoms with Crippen molar-refractivity contribution in [1.29, 1.82) is 0 Å². The van der Waals surface area contributed by atoms with E-state index in [1.807, 2.05) is 13.8 Å². The molecule has 1 aromatic heterocycles. The molecule has 0 saturated heterocycles. The topological polar surface area (TPSA) is 97.1 Å². The van der Waals surface area contributed by atoms with Gasteiger partial charge in [0.15, 0.2) is 5.69 Å². The van der Waals surface area contributed by atoms with Gasteiger partial charge in [0.05, 0.1) is 12.2 Å². The van der Waals surface area contributed by atoms with Crippen molar-refractivity contribution in [2.45, 2.75) is 19.9 Å². The van der Waals surface area contributed by atoms with E-state index in [0.717, 1.165) is 0 Å². The van der Waals surface area contributed by atoms with E-state index in [1.54, 1.807) is 12.1 Å². The number of hydrogen-bond donors (Lipinski definition) is 3. The number of hydrogen-bond acceptors (Lipinski definition) is 4. The van der Waals surface area contributed by atoms with Crippen LogP contribution < -0.4 is 16.4 Å². The van der Waals surface area contributed by atoms with Crippen LogP contribution in [-0.4, -0.2) is 29.4 Å². The Bertz CT molecular complexity index is 418. The van der Waals surface area contributed by atoms with Gasteiger partial charge in [0.25, 0.3) is 5.91 Å². The summed E-state index contributed by atoms with van der Waals surface area (Å²) in [6, 6.07) is 3.26. The van der Waals surface area contributed by atoms with Crippen molar-refractivity contribution in [1.82, 2.24) is 15.6 Å². The fourth-order valence-electron chi connectivity index (χ4n) is 1.22. The zero-order valence-corrected chi connectivity index (χ0v) is 9.86. The van der Waals surface area contributed by atoms with Gasteiger partial charge in [0, 0.05) is 12.2 Å². The molecule has 92 valence electrons. The van der Waals surface area contributed by atoms with E-state index in [0.29, 0.717) is 0 Å². The van der Waals surface area contributed by atoms with Crippen molar-refractivity contribution in [3.8, 4) is 0 Å². The summed E-state index contributed by atoms with van der Waals surface area (Å²) in [5.74, 6) is -0.704. The van der Waals surface area contributed by atoms with Gasteiger partial charge in [-0.2, -0.15) is 0 Å². The van der Waals surface area contributed by atoms with E-state index in [1.165, 1.54) is 6.20 Å². The average Bonchev–Trinajstić information content (AvgIpc) is 2.25. The number of nitrogens with zero attached hydrogens (tertiary/aromatic N) is 1. The molecule has 6 nitrogen and oxygen atoms in total. The molecule has 0 aliphatic heterocycles. The third-order valence-corrected chi connectivity index (χ3v) is 1.91. The number of nitrogens with one attached hydrogen (secondary N) is 2. The van der Waals surface area contributed by atoms with Crippen LogP contribution in [0.15, 0.2) is 18.3 Å². The Morgan fingerprint density at radius 3 is 2.76 bits per heavy atom. The van der Waals surface area contributed by atoms with Crippen molar-refractivity contribution in [3.05, 3.63) is 24.0 Å². The molecular formula is C11H16N4O2. The van der Waals surface area contributed by atoms with Crippen molar-refractivity contribution in [2.24, 2.45) is 0 Å². The van der Waals surface area contributed by atoms with E-state index in [9.17, 15) is 9.59 Å². The molecule has 1 heterocycles. The summed E-state index contributed by atoms with van der Waals surface area (Å²) in [4.78, 5) is 26.8. The monoisotopic (exact) mass is 236 g/mol. The molecule has 0 fully saturated rings. The van der Waals surface area contributed by atoms with Crippen LogP contribution in [0.25, 0.3) is 0 Å². The summed E-state index contributed by atoms with van der Waals surface area (Å²) in [5, 5.41) is 5.11. The third kappa shape index (κ3) is 4.10. The van der Waals surface area contributed by atoms with Crippen molar-refractivity contribution in [2.75, 3.05) is 12.3 Å². The summed E-state index contributed by atoms with van der Waals surface area (Å²) in [7, 11) is 0. The van der Waals surface area contributed by atoms with Crippen molar-refractivity contribution >= 4 is 17.5 Å². The largest absolute Gasteiger partial charge is 0.397 e. The Hall–Kier alpha value is -2.11. The zero-order chi connectivity index (χ0) is 12.8. The number of pyridine rings is 1. The minimum Gasteiger partial charge on any atom is -0.397 e. The molecule has 0 atom stereocenters. The Morgan fingerprint density at radius 1 is 1.47 bits per heavy atom. The van der Waals surface area contributed by atoms with Crippen LogP contribution in [0.5, 0.6) is 0 Å². The summed E-state index contributed by atoms with van der Waals surface area (Å²) in [6.45, 7) is 3.60. The molecule has 0 aliphatic rings. The van der Waals surface area contributed by atoms with Crippen LogP contribution in [0.1, 0.15) is 24.3 Å². The maximum absolute atomic E-state index is 11.6. The lowest BCUT2D eigenvalue weighted by Crippen LogP contribution is -2.40. The molecule has 0 bridgehead atoms. The molecule has 2 amide bonds. The lowest BCUT2D eigenvalue weighted by atomic mass is 10.3. The maximum Gasteiger partial charge on any atom is 0.272 e. The smallest absolute Gasteiger partial charge is 0.272 e. The molecule has 17 heavy (non-hydrogen) atoms. The van der Waals surface area contributed by atoms with Crippen LogP contribution in [0.3, 0.4) is 0 Å². The number of carbonyl (C=O) groups excluding carboxylic acids is 2. The molecule has 0 unspecified atom stereocenters. The Kier molecular flexibility index (Phi) is 4.45. The van der Waals surface area contributed by atoms with E-state index in [-0.39, 0.29) is 29.9 Å². The molecule has 4 N–H and O–H groups in total. The Balaban J connectivity index is 2.51. The third-order valence-electron chi connectivity index (χ3n) is 1.91. The SMILES string of the molecule is CC(C)NC(=O)CNC(=O)c1ncccc1N. The van der Waals surface area contributed by atoms with E-state index < -0.39 is 5.91 Å². The lowest BCUT2D eigenvalue weighted by Gasteiger charge is -2.09. The van der Waals surface area contributed by atoms with Crippen molar-refractivity contribution in [3.63, 3.8) is 0 Å². The van der Waals surface area contributed by atoms with Gasteiger partial charge in [0.1, 0.15) is 0 Å². The number of aromatic nitrogens is 1. The van der Waals surface area contributed by atoms with Gasteiger partial charge >= 0.3 is 0 Å². The standard InChI is InChI=1S/C11H16N4O2/c1-7(2)15-9(16)6-14-11(17)10-8(12)4-3-5-13-10/h3-5,7H,6,12H2,1-2H3,(H,14,17)(H,15,16). The quantitative estimate of drug-likeness (QED) is 0.681. The molecule has 1 rings (SSSR count). The normalized spacial score (nSPS) is 10.1. The van der Waals surface area contributed by atoms with Crippen LogP contribution in [0, 0.1) is 0 Å². The van der Waals surface area contributed by atoms with Gasteiger partial charge < -0.3 is 16.4 Å². The predicted molar refractivity (Wildman–Crippen MR) is 64.3 cm³/mol. The second-order valence-corrected chi connectivity index (χ2v) is 3.85. The van der Waals surface area contributed by atoms with Gasteiger partial charge in [-0.15, -0.1) is 0 Å². The summed E-state index contributed by atoms with van der Waals surface area (Å²) in [5.41, 5.74) is 6.00. The van der Waals surface area contributed by atoms with Gasteiger partial charge in [-0.1, -0.05) is 0 Å². The predicted octanol–water partition coefficient (Wildman–Crippen LogP) is -0.0818. The molecule has 0 saturated carbocycles. The first-order valence-electron chi connectivity index (χ1n) is 5.28. The molecule has 0 aromatic carbocycles. The van der Waals surface area contributed by atoms with E-state index in [2.05, 4.69) is 15.6 Å². The van der Waals surface area contributed by atoms with Gasteiger partial charge in [-0.05, 0) is 26.0 Å². The second kappa shape index (κ2) is 5.83. The summed E-state index contributed by atoms with van der Waals surface area (Å²) < 4.78 is 0. The first-order chi connectivity index (χ1) is 8.00. The molecule has 0 spiro atoms. The number of nitrogens with two attached hydrogens (primary N) is 1. The van der Waals surface area contributed by atoms with Gasteiger partial charge in [-0.25, -0.2) is 4.98 Å². The molecule has 0 aliphatic carbocycles. The summed E-state index contributed by atoms with van der Waals surface area (Å²) >= 11 is 0. The fraction of sp³-hybridized carbons (Fsp3) is 0.364. The van der Waals surface area contributed by atoms with E-state index in [4.69, 9.17) is 5.73 Å². The highest BCUT2D eigenvalue weighted by molar-refractivity contribution is 5.98. The average molecular weight is 236 g/mol. The molecule has 1 aromatic rings. The van der Waals surface area contributed by atoms with E-state index >= 15 is 0 Å². The highest BCUT2D eigenvalue weighted by Gasteiger charge is 2.12. The lowest BCUT2D eigenvalue weighted by molar-refractivity contribution is -0.120. The fourth-order valence-corrected chi connectivity index (χ4v) is 1.22. The van der Waals surface area contributed by atoms with Gasteiger partial charge in [-0.3, -0.25) is 9.59 Å². The van der Waals surface area contributed by atoms with Crippen molar-refractivity contribution < 1.29 is 9.59 Å². The van der Waals surface area contributed by atoms with Crippen LogP contribution in [0.2, 0.25) is 0 Å². The summed E-state index contributed by atoms with van der Waals surface area (Å²) in [6.07, 6.45) is 1.47. The minimum atomic E-state index is -0.456. The minimum absolute atomic E-state index is 0.0410. The molecule has 0 radical (unpaired) electrons. The molecule has 6 heteroatoms. The first-order valence-corrected chi connectivity index (χ1v) is 5.28. The van der Waals surface area contributed by atoms with Crippen LogP contribution in [0.4, 0.5) is 5.69 Å². The zero-order valence-electron chi connectivity index (χ0n) is 9.86. The first kappa shape index (κ1) is 13.0. The second-order valence-electron chi connectivity index (χ2n) is 3.85. The highest BCUT2D eigenvalue weighted by atomic mass is 16.2. The number of carbonyl (C=O) groups is 2. The Morgan fingerprint density at radius 2 is 2.18 bits per heavy atom. The van der Waals surface area contributed by atoms with Crippen LogP contribution in [-0.2, 0) is 4.79 Å². The number of anilines is 1. The Labute approximate surface area is 99.6 Å². The number of nitrogen functional groups attached to an aromatic ring is 1. The number of amides is 2. The number of rotatable bonds is 4.